The molecule has 0 spiro atoms. The Bertz CT molecular complexity index is 317. The van der Waals surface area contributed by atoms with Crippen molar-refractivity contribution in [1.29, 1.82) is 0 Å². The number of hydrogen-bond acceptors (Lipinski definition) is 2. The normalized spacial score (nSPS) is 9.85. The van der Waals surface area contributed by atoms with Gasteiger partial charge in [0, 0.05) is 6.08 Å². The van der Waals surface area contributed by atoms with Crippen LogP contribution in [0.3, 0.4) is 0 Å². The summed E-state index contributed by atoms with van der Waals surface area (Å²) >= 11 is 0. The third-order valence-corrected chi connectivity index (χ3v) is 1.43. The zero-order chi connectivity index (χ0) is 9.52. The lowest BCUT2D eigenvalue weighted by atomic mass is 10.2. The highest BCUT2D eigenvalue weighted by Crippen LogP contribution is 1.99. The van der Waals surface area contributed by atoms with Gasteiger partial charge in [-0.3, -0.25) is 14.9 Å². The molecule has 0 fully saturated rings. The molecule has 13 heavy (non-hydrogen) atoms. The molecule has 0 heterocycles. The van der Waals surface area contributed by atoms with Crippen molar-refractivity contribution in [3.8, 4) is 0 Å². The first-order valence-electron chi connectivity index (χ1n) is 3.80. The first-order valence-corrected chi connectivity index (χ1v) is 3.80. The Morgan fingerprint density at radius 3 is 2.54 bits per heavy atom. The molecule has 1 N–H and O–H groups in total. The summed E-state index contributed by atoms with van der Waals surface area (Å²) in [4.78, 5) is 20.6. The Morgan fingerprint density at radius 2 is 1.92 bits per heavy atom. The molecule has 0 saturated carbocycles. The molecular weight excluding hydrogens is 166 g/mol. The van der Waals surface area contributed by atoms with Gasteiger partial charge in [-0.2, -0.15) is 0 Å². The first-order chi connectivity index (χ1) is 6.33. The summed E-state index contributed by atoms with van der Waals surface area (Å²) in [6.07, 6.45) is 3.31. The topological polar surface area (TPSA) is 46.2 Å². The van der Waals surface area contributed by atoms with Crippen molar-refractivity contribution in [2.45, 2.75) is 0 Å². The van der Waals surface area contributed by atoms with E-state index in [9.17, 15) is 9.59 Å². The molecule has 66 valence electrons. The summed E-state index contributed by atoms with van der Waals surface area (Å²) in [5.74, 6) is -0.418. The number of imide groups is 1. The van der Waals surface area contributed by atoms with Crippen LogP contribution < -0.4 is 5.32 Å². The number of carbonyl (C=O) groups is 2. The number of rotatable bonds is 3. The molecule has 2 amide bonds. The fourth-order valence-corrected chi connectivity index (χ4v) is 0.842. The van der Waals surface area contributed by atoms with E-state index in [4.69, 9.17) is 0 Å². The maximum Gasteiger partial charge on any atom is 0.250 e. The van der Waals surface area contributed by atoms with Crippen molar-refractivity contribution in [2.24, 2.45) is 0 Å². The van der Waals surface area contributed by atoms with Gasteiger partial charge >= 0.3 is 0 Å². The number of amides is 2. The van der Waals surface area contributed by atoms with Crippen molar-refractivity contribution < 1.29 is 9.59 Å². The van der Waals surface area contributed by atoms with Crippen LogP contribution in [0.15, 0.2) is 36.4 Å². The van der Waals surface area contributed by atoms with Gasteiger partial charge in [0.15, 0.2) is 0 Å². The second-order valence-electron chi connectivity index (χ2n) is 2.37. The molecule has 1 aromatic carbocycles. The maximum absolute atomic E-state index is 10.8. The summed E-state index contributed by atoms with van der Waals surface area (Å²) in [6.45, 7) is 0. The molecule has 0 atom stereocenters. The molecule has 0 bridgehead atoms. The summed E-state index contributed by atoms with van der Waals surface area (Å²) in [5.41, 5.74) is 0.920. The standard InChI is InChI=1S/C10H9NO2/c12-8-11-10(13)7-6-9-4-2-1-3-5-9/h1-8H,(H,11,12,13). The zero-order valence-electron chi connectivity index (χ0n) is 6.94. The van der Waals surface area contributed by atoms with E-state index in [2.05, 4.69) is 0 Å². The maximum atomic E-state index is 10.8. The van der Waals surface area contributed by atoms with E-state index in [1.807, 2.05) is 35.6 Å². The Kier molecular flexibility index (Phi) is 3.45. The van der Waals surface area contributed by atoms with Gasteiger partial charge in [0.2, 0.25) is 12.3 Å². The molecule has 0 aliphatic heterocycles. The molecule has 3 heteroatoms. The molecule has 1 rings (SSSR count). The highest BCUT2D eigenvalue weighted by molar-refractivity contribution is 5.97. The summed E-state index contributed by atoms with van der Waals surface area (Å²) in [6, 6.07) is 9.37. The van der Waals surface area contributed by atoms with Gasteiger partial charge in [-0.1, -0.05) is 30.3 Å². The average Bonchev–Trinajstić information content (AvgIpc) is 2.17. The van der Waals surface area contributed by atoms with Gasteiger partial charge in [-0.05, 0) is 11.6 Å². The van der Waals surface area contributed by atoms with E-state index in [1.165, 1.54) is 6.08 Å². The first kappa shape index (κ1) is 9.19. The van der Waals surface area contributed by atoms with Crippen LogP contribution in [0, 0.1) is 0 Å². The van der Waals surface area contributed by atoms with Crippen LogP contribution in [0.2, 0.25) is 0 Å². The Labute approximate surface area is 76.1 Å². The lowest BCUT2D eigenvalue weighted by molar-refractivity contribution is -0.121. The van der Waals surface area contributed by atoms with E-state index >= 15 is 0 Å². The zero-order valence-corrected chi connectivity index (χ0v) is 6.94. The van der Waals surface area contributed by atoms with Crippen LogP contribution in [0.1, 0.15) is 5.56 Å². The number of carbonyl (C=O) groups excluding carboxylic acids is 2. The van der Waals surface area contributed by atoms with Crippen molar-refractivity contribution in [3.05, 3.63) is 42.0 Å². The minimum atomic E-state index is -0.418. The number of benzene rings is 1. The SMILES string of the molecule is O=CNC(=O)C=Cc1ccccc1. The molecule has 0 aliphatic carbocycles. The molecule has 1 aromatic rings. The van der Waals surface area contributed by atoms with Crippen molar-refractivity contribution >= 4 is 18.4 Å². The Morgan fingerprint density at radius 1 is 1.23 bits per heavy atom. The Balaban J connectivity index is 2.58. The van der Waals surface area contributed by atoms with Gasteiger partial charge in [-0.15, -0.1) is 0 Å². The second kappa shape index (κ2) is 4.87. The van der Waals surface area contributed by atoms with E-state index in [-0.39, 0.29) is 0 Å². The third-order valence-electron chi connectivity index (χ3n) is 1.43. The third kappa shape index (κ3) is 3.33. The minimum Gasteiger partial charge on any atom is -0.295 e. The predicted molar refractivity (Wildman–Crippen MR) is 49.7 cm³/mol. The van der Waals surface area contributed by atoms with Crippen molar-refractivity contribution in [2.75, 3.05) is 0 Å². The second-order valence-corrected chi connectivity index (χ2v) is 2.37. The van der Waals surface area contributed by atoms with Gasteiger partial charge in [0.05, 0.1) is 0 Å². The number of hydrogen-bond donors (Lipinski definition) is 1. The largest absolute Gasteiger partial charge is 0.295 e. The lowest BCUT2D eigenvalue weighted by Gasteiger charge is -1.90. The van der Waals surface area contributed by atoms with Gasteiger partial charge in [0.25, 0.3) is 0 Å². The van der Waals surface area contributed by atoms with E-state index in [1.54, 1.807) is 6.08 Å². The lowest BCUT2D eigenvalue weighted by Crippen LogP contribution is -2.17. The van der Waals surface area contributed by atoms with Crippen LogP contribution in [0.25, 0.3) is 6.08 Å². The smallest absolute Gasteiger partial charge is 0.250 e. The fraction of sp³-hybridized carbons (Fsp3) is 0. The van der Waals surface area contributed by atoms with E-state index in [0.717, 1.165) is 5.56 Å². The van der Waals surface area contributed by atoms with E-state index < -0.39 is 5.91 Å². The molecular formula is C10H9NO2. The molecule has 0 aliphatic rings. The molecule has 0 aromatic heterocycles. The Hall–Kier alpha value is -1.90. The highest BCUT2D eigenvalue weighted by Gasteiger charge is 1.90. The summed E-state index contributed by atoms with van der Waals surface area (Å²) < 4.78 is 0. The molecule has 0 unspecified atom stereocenters. The minimum absolute atomic E-state index is 0.359. The monoisotopic (exact) mass is 175 g/mol. The van der Waals surface area contributed by atoms with Crippen LogP contribution in [0.5, 0.6) is 0 Å². The molecule has 3 nitrogen and oxygen atoms in total. The van der Waals surface area contributed by atoms with Crippen LogP contribution in [0.4, 0.5) is 0 Å². The van der Waals surface area contributed by atoms with Gasteiger partial charge < -0.3 is 0 Å². The van der Waals surface area contributed by atoms with Crippen molar-refractivity contribution in [1.82, 2.24) is 5.32 Å². The summed E-state index contributed by atoms with van der Waals surface area (Å²) in [5, 5.41) is 2.01. The molecule has 0 saturated heterocycles. The molecule has 0 radical (unpaired) electrons. The van der Waals surface area contributed by atoms with Gasteiger partial charge in [0.1, 0.15) is 0 Å². The summed E-state index contributed by atoms with van der Waals surface area (Å²) in [7, 11) is 0. The fourth-order valence-electron chi connectivity index (χ4n) is 0.842. The van der Waals surface area contributed by atoms with Crippen LogP contribution in [-0.4, -0.2) is 12.3 Å². The van der Waals surface area contributed by atoms with Gasteiger partial charge in [-0.25, -0.2) is 0 Å². The average molecular weight is 175 g/mol. The highest BCUT2D eigenvalue weighted by atomic mass is 16.2. The van der Waals surface area contributed by atoms with Crippen LogP contribution in [-0.2, 0) is 9.59 Å². The number of nitrogens with one attached hydrogen (secondary N) is 1. The van der Waals surface area contributed by atoms with E-state index in [0.29, 0.717) is 6.41 Å². The predicted octanol–water partition coefficient (Wildman–Crippen LogP) is 0.972. The quantitative estimate of drug-likeness (QED) is 0.549. The van der Waals surface area contributed by atoms with Crippen LogP contribution >= 0.6 is 0 Å². The van der Waals surface area contributed by atoms with Crippen molar-refractivity contribution in [3.63, 3.8) is 0 Å².